The van der Waals surface area contributed by atoms with E-state index in [-0.39, 0.29) is 27.4 Å². The topological polar surface area (TPSA) is 81.7 Å². The quantitative estimate of drug-likeness (QED) is 0.540. The molecule has 0 heterocycles. The minimum atomic E-state index is -0.645. The molecule has 0 aliphatic heterocycles. The molecule has 0 saturated heterocycles. The fraction of sp³-hybridized carbons (Fsp3) is 0.118. The number of benzene rings is 2. The Balaban J connectivity index is 2.40. The summed E-state index contributed by atoms with van der Waals surface area (Å²) in [6.07, 6.45) is 0. The Bertz CT molecular complexity index is 819. The summed E-state index contributed by atoms with van der Waals surface area (Å²) in [5, 5.41) is 2.91. The molecule has 0 aromatic heterocycles. The molecular weight excluding hydrogens is 461 g/mol. The van der Waals surface area contributed by atoms with Gasteiger partial charge in [-0.1, -0.05) is 11.6 Å². The number of hydrogen-bond donors (Lipinski definition) is 1. The van der Waals surface area contributed by atoms with E-state index in [1.807, 2.05) is 0 Å². The molecule has 6 nitrogen and oxygen atoms in total. The van der Waals surface area contributed by atoms with Gasteiger partial charge in [0.15, 0.2) is 0 Å². The summed E-state index contributed by atoms with van der Waals surface area (Å²) < 4.78 is 10.2. The van der Waals surface area contributed by atoms with Crippen LogP contribution >= 0.6 is 34.2 Å². The number of esters is 2. The third kappa shape index (κ3) is 4.70. The Hall–Kier alpha value is -2.13. The second-order valence-electron chi connectivity index (χ2n) is 4.86. The van der Waals surface area contributed by atoms with Gasteiger partial charge in [0.2, 0.25) is 0 Å². The summed E-state index contributed by atoms with van der Waals surface area (Å²) in [4.78, 5) is 36.0. The normalized spacial score (nSPS) is 10.1. The standard InChI is InChI=1S/C17H13ClINO5/c1-24-16(22)9-5-10(17(23)25-2)7-12(6-9)20-15(21)13-8-11(19)3-4-14(13)18/h3-8H,1-2H3,(H,20,21). The highest BCUT2D eigenvalue weighted by atomic mass is 127. The van der Waals surface area contributed by atoms with Crippen molar-refractivity contribution in [1.29, 1.82) is 0 Å². The number of rotatable bonds is 4. The molecule has 0 aliphatic carbocycles. The molecule has 130 valence electrons. The van der Waals surface area contributed by atoms with Gasteiger partial charge in [-0.15, -0.1) is 0 Å². The van der Waals surface area contributed by atoms with Gasteiger partial charge in [0, 0.05) is 9.26 Å². The second kappa shape index (κ2) is 8.30. The molecule has 0 saturated carbocycles. The zero-order valence-corrected chi connectivity index (χ0v) is 16.2. The number of nitrogens with one attached hydrogen (secondary N) is 1. The van der Waals surface area contributed by atoms with Crippen LogP contribution in [0.5, 0.6) is 0 Å². The van der Waals surface area contributed by atoms with Crippen LogP contribution in [0.1, 0.15) is 31.1 Å². The molecule has 2 rings (SSSR count). The second-order valence-corrected chi connectivity index (χ2v) is 6.51. The van der Waals surface area contributed by atoms with Crippen LogP contribution in [-0.2, 0) is 9.47 Å². The van der Waals surface area contributed by atoms with Crippen LogP contribution in [0.25, 0.3) is 0 Å². The van der Waals surface area contributed by atoms with E-state index in [9.17, 15) is 14.4 Å². The lowest BCUT2D eigenvalue weighted by Gasteiger charge is -2.10. The van der Waals surface area contributed by atoms with Crippen LogP contribution in [0.15, 0.2) is 36.4 Å². The monoisotopic (exact) mass is 473 g/mol. The molecule has 1 N–H and O–H groups in total. The van der Waals surface area contributed by atoms with Gasteiger partial charge in [0.1, 0.15) is 0 Å². The van der Waals surface area contributed by atoms with Gasteiger partial charge < -0.3 is 14.8 Å². The molecule has 25 heavy (non-hydrogen) atoms. The van der Waals surface area contributed by atoms with Gasteiger partial charge in [-0.05, 0) is 59.0 Å². The first-order valence-electron chi connectivity index (χ1n) is 6.94. The number of methoxy groups -OCH3 is 2. The van der Waals surface area contributed by atoms with Gasteiger partial charge in [-0.2, -0.15) is 0 Å². The molecule has 0 bridgehead atoms. The highest BCUT2D eigenvalue weighted by Gasteiger charge is 2.16. The maximum atomic E-state index is 12.5. The van der Waals surface area contributed by atoms with Crippen LogP contribution in [0, 0.1) is 3.57 Å². The summed E-state index contributed by atoms with van der Waals surface area (Å²) in [6, 6.07) is 9.14. The Kier molecular flexibility index (Phi) is 6.38. The minimum absolute atomic E-state index is 0.106. The highest BCUT2D eigenvalue weighted by molar-refractivity contribution is 14.1. The number of carbonyl (C=O) groups is 3. The molecule has 0 spiro atoms. The number of amides is 1. The SMILES string of the molecule is COC(=O)c1cc(NC(=O)c2cc(I)ccc2Cl)cc(C(=O)OC)c1. The molecule has 0 aliphatic rings. The van der Waals surface area contributed by atoms with Crippen molar-refractivity contribution in [3.8, 4) is 0 Å². The molecule has 0 unspecified atom stereocenters. The Labute approximate surface area is 162 Å². The number of ether oxygens (including phenoxy) is 2. The lowest BCUT2D eigenvalue weighted by Crippen LogP contribution is -2.15. The lowest BCUT2D eigenvalue weighted by atomic mass is 10.1. The molecule has 0 radical (unpaired) electrons. The summed E-state index contributed by atoms with van der Waals surface area (Å²) in [7, 11) is 2.44. The van der Waals surface area contributed by atoms with E-state index in [1.54, 1.807) is 18.2 Å². The summed E-state index contributed by atoms with van der Waals surface area (Å²) in [5.41, 5.74) is 0.726. The third-order valence-electron chi connectivity index (χ3n) is 3.21. The first-order chi connectivity index (χ1) is 11.8. The van der Waals surface area contributed by atoms with E-state index in [0.29, 0.717) is 0 Å². The summed E-state index contributed by atoms with van der Waals surface area (Å²) in [5.74, 6) is -1.76. The average molecular weight is 474 g/mol. The summed E-state index contributed by atoms with van der Waals surface area (Å²) in [6.45, 7) is 0. The van der Waals surface area contributed by atoms with E-state index >= 15 is 0 Å². The Morgan fingerprint density at radius 2 is 1.52 bits per heavy atom. The molecule has 1 amide bonds. The molecule has 8 heteroatoms. The average Bonchev–Trinajstić information content (AvgIpc) is 2.61. The van der Waals surface area contributed by atoms with Crippen molar-refractivity contribution in [3.05, 3.63) is 61.7 Å². The van der Waals surface area contributed by atoms with Gasteiger partial charge >= 0.3 is 11.9 Å². The minimum Gasteiger partial charge on any atom is -0.465 e. The van der Waals surface area contributed by atoms with E-state index in [0.717, 1.165) is 3.57 Å². The van der Waals surface area contributed by atoms with E-state index in [4.69, 9.17) is 11.6 Å². The number of carbonyl (C=O) groups excluding carboxylic acids is 3. The lowest BCUT2D eigenvalue weighted by molar-refractivity contribution is 0.0599. The predicted molar refractivity (Wildman–Crippen MR) is 101 cm³/mol. The van der Waals surface area contributed by atoms with Gasteiger partial charge in [-0.3, -0.25) is 4.79 Å². The molecule has 2 aromatic carbocycles. The zero-order chi connectivity index (χ0) is 18.6. The molecule has 0 fully saturated rings. The third-order valence-corrected chi connectivity index (χ3v) is 4.21. The number of halogens is 2. The smallest absolute Gasteiger partial charge is 0.337 e. The highest BCUT2D eigenvalue weighted by Crippen LogP contribution is 2.22. The van der Waals surface area contributed by atoms with Crippen LogP contribution in [0.4, 0.5) is 5.69 Å². The maximum absolute atomic E-state index is 12.5. The van der Waals surface area contributed by atoms with Crippen molar-refractivity contribution in [1.82, 2.24) is 0 Å². The van der Waals surface area contributed by atoms with E-state index in [1.165, 1.54) is 32.4 Å². The van der Waals surface area contributed by atoms with Gasteiger partial charge in [0.25, 0.3) is 5.91 Å². The number of hydrogen-bond acceptors (Lipinski definition) is 5. The van der Waals surface area contributed by atoms with Gasteiger partial charge in [-0.25, -0.2) is 9.59 Å². The fourth-order valence-electron chi connectivity index (χ4n) is 2.04. The fourth-order valence-corrected chi connectivity index (χ4v) is 2.74. The van der Waals surface area contributed by atoms with E-state index < -0.39 is 17.8 Å². The predicted octanol–water partition coefficient (Wildman–Crippen LogP) is 3.77. The largest absolute Gasteiger partial charge is 0.465 e. The van der Waals surface area contributed by atoms with E-state index in [2.05, 4.69) is 37.4 Å². The molecule has 0 atom stereocenters. The van der Waals surface area contributed by atoms with Crippen LogP contribution in [0.3, 0.4) is 0 Å². The van der Waals surface area contributed by atoms with Crippen molar-refractivity contribution in [2.75, 3.05) is 19.5 Å². The number of anilines is 1. The van der Waals surface area contributed by atoms with Crippen molar-refractivity contribution in [3.63, 3.8) is 0 Å². The summed E-state index contributed by atoms with van der Waals surface area (Å²) >= 11 is 8.12. The zero-order valence-electron chi connectivity index (χ0n) is 13.3. The van der Waals surface area contributed by atoms with Crippen molar-refractivity contribution in [2.45, 2.75) is 0 Å². The van der Waals surface area contributed by atoms with Crippen molar-refractivity contribution < 1.29 is 23.9 Å². The first kappa shape index (κ1) is 19.2. The van der Waals surface area contributed by atoms with Gasteiger partial charge in [0.05, 0.1) is 35.9 Å². The Morgan fingerprint density at radius 3 is 2.04 bits per heavy atom. The van der Waals surface area contributed by atoms with Crippen molar-refractivity contribution in [2.24, 2.45) is 0 Å². The van der Waals surface area contributed by atoms with Crippen LogP contribution < -0.4 is 5.32 Å². The Morgan fingerprint density at radius 1 is 0.960 bits per heavy atom. The first-order valence-corrected chi connectivity index (χ1v) is 8.39. The molecule has 2 aromatic rings. The van der Waals surface area contributed by atoms with Crippen LogP contribution in [-0.4, -0.2) is 32.1 Å². The van der Waals surface area contributed by atoms with Crippen LogP contribution in [0.2, 0.25) is 5.02 Å². The maximum Gasteiger partial charge on any atom is 0.337 e. The molecular formula is C17H13ClINO5. The van der Waals surface area contributed by atoms with Crippen molar-refractivity contribution >= 4 is 57.7 Å².